The lowest BCUT2D eigenvalue weighted by atomic mass is 10.2. The van der Waals surface area contributed by atoms with E-state index in [1.54, 1.807) is 24.3 Å². The number of hydrogen-bond donors (Lipinski definition) is 3. The van der Waals surface area contributed by atoms with E-state index in [9.17, 15) is 9.59 Å². The van der Waals surface area contributed by atoms with Crippen molar-refractivity contribution in [2.75, 3.05) is 25.5 Å². The highest BCUT2D eigenvalue weighted by Gasteiger charge is 2.05. The summed E-state index contributed by atoms with van der Waals surface area (Å²) in [5.74, 6) is -0.413. The number of hydrogen-bond acceptors (Lipinski definition) is 4. The highest BCUT2D eigenvalue weighted by Crippen LogP contribution is 2.09. The Hall–Kier alpha value is -1.79. The van der Waals surface area contributed by atoms with Gasteiger partial charge in [-0.05, 0) is 24.3 Å². The third-order valence-electron chi connectivity index (χ3n) is 1.99. The molecule has 0 saturated heterocycles. The minimum atomic E-state index is -0.413. The fraction of sp³-hybridized carbons (Fsp3) is 0.273. The van der Waals surface area contributed by atoms with Gasteiger partial charge in [0.05, 0.1) is 12.7 Å². The predicted molar refractivity (Wildman–Crippen MR) is 71.1 cm³/mol. The van der Waals surface area contributed by atoms with Gasteiger partial charge in [-0.15, -0.1) is 12.4 Å². The van der Waals surface area contributed by atoms with Crippen molar-refractivity contribution in [3.63, 3.8) is 0 Å². The van der Waals surface area contributed by atoms with Gasteiger partial charge in [-0.1, -0.05) is 0 Å². The van der Waals surface area contributed by atoms with Crippen molar-refractivity contribution in [1.82, 2.24) is 5.32 Å². The lowest BCUT2D eigenvalue weighted by Crippen LogP contribution is -2.32. The van der Waals surface area contributed by atoms with Crippen LogP contribution in [0, 0.1) is 0 Å². The molecule has 0 saturated carbocycles. The maximum Gasteiger partial charge on any atom is 0.337 e. The summed E-state index contributed by atoms with van der Waals surface area (Å²) >= 11 is 0. The molecule has 0 aliphatic carbocycles. The molecule has 7 heteroatoms. The van der Waals surface area contributed by atoms with Crippen LogP contribution in [0.3, 0.4) is 0 Å². The topological polar surface area (TPSA) is 93.4 Å². The summed E-state index contributed by atoms with van der Waals surface area (Å²) in [6.45, 7) is 0.792. The smallest absolute Gasteiger partial charge is 0.337 e. The van der Waals surface area contributed by atoms with Crippen LogP contribution in [0.15, 0.2) is 24.3 Å². The number of benzene rings is 1. The molecule has 2 amide bonds. The molecule has 0 aromatic heterocycles. The van der Waals surface area contributed by atoms with Crippen molar-refractivity contribution in [2.45, 2.75) is 0 Å². The van der Waals surface area contributed by atoms with E-state index in [4.69, 9.17) is 5.73 Å². The second kappa shape index (κ2) is 8.32. The summed E-state index contributed by atoms with van der Waals surface area (Å²) in [7, 11) is 1.31. The lowest BCUT2D eigenvalue weighted by molar-refractivity contribution is 0.0601. The molecule has 0 unspecified atom stereocenters. The molecule has 1 rings (SSSR count). The van der Waals surface area contributed by atoms with Crippen LogP contribution in [-0.2, 0) is 4.74 Å². The molecule has 0 atom stereocenters. The number of nitrogens with one attached hydrogen (secondary N) is 2. The molecule has 0 bridgehead atoms. The standard InChI is InChI=1S/C11H15N3O3.ClH/c1-17-10(15)8-2-4-9(5-3-8)14-11(16)13-7-6-12;/h2-5H,6-7,12H2,1H3,(H2,13,14,16);1H. The molecule has 18 heavy (non-hydrogen) atoms. The van der Waals surface area contributed by atoms with Crippen molar-refractivity contribution >= 4 is 30.1 Å². The van der Waals surface area contributed by atoms with E-state index in [1.165, 1.54) is 7.11 Å². The second-order valence-electron chi connectivity index (χ2n) is 3.24. The van der Waals surface area contributed by atoms with Crippen molar-refractivity contribution in [3.05, 3.63) is 29.8 Å². The van der Waals surface area contributed by atoms with Crippen molar-refractivity contribution in [1.29, 1.82) is 0 Å². The van der Waals surface area contributed by atoms with Gasteiger partial charge in [0.1, 0.15) is 0 Å². The molecule has 100 valence electrons. The Kier molecular flexibility index (Phi) is 7.50. The first-order valence-corrected chi connectivity index (χ1v) is 5.10. The number of rotatable bonds is 4. The summed E-state index contributed by atoms with van der Waals surface area (Å²) < 4.78 is 4.56. The average molecular weight is 274 g/mol. The highest BCUT2D eigenvalue weighted by molar-refractivity contribution is 5.92. The minimum absolute atomic E-state index is 0. The third kappa shape index (κ3) is 5.03. The summed E-state index contributed by atoms with van der Waals surface area (Å²) in [6.07, 6.45) is 0. The zero-order chi connectivity index (χ0) is 12.7. The van der Waals surface area contributed by atoms with Crippen LogP contribution in [0.1, 0.15) is 10.4 Å². The van der Waals surface area contributed by atoms with Crippen LogP contribution in [-0.4, -0.2) is 32.2 Å². The molecule has 4 N–H and O–H groups in total. The van der Waals surface area contributed by atoms with E-state index in [0.717, 1.165) is 0 Å². The minimum Gasteiger partial charge on any atom is -0.465 e. The van der Waals surface area contributed by atoms with Gasteiger partial charge in [0, 0.05) is 18.8 Å². The molecule has 0 fully saturated rings. The first-order chi connectivity index (χ1) is 8.17. The van der Waals surface area contributed by atoms with Gasteiger partial charge in [-0.3, -0.25) is 0 Å². The number of anilines is 1. The number of urea groups is 1. The van der Waals surface area contributed by atoms with Gasteiger partial charge in [-0.25, -0.2) is 9.59 Å². The molecule has 1 aromatic carbocycles. The number of carbonyl (C=O) groups is 2. The molecular formula is C11H16ClN3O3. The van der Waals surface area contributed by atoms with Crippen LogP contribution in [0.4, 0.5) is 10.5 Å². The van der Waals surface area contributed by atoms with Gasteiger partial charge in [0.15, 0.2) is 0 Å². The van der Waals surface area contributed by atoms with Gasteiger partial charge >= 0.3 is 12.0 Å². The van der Waals surface area contributed by atoms with Crippen LogP contribution in [0.2, 0.25) is 0 Å². The number of amides is 2. The van der Waals surface area contributed by atoms with Crippen molar-refractivity contribution < 1.29 is 14.3 Å². The number of ether oxygens (including phenoxy) is 1. The van der Waals surface area contributed by atoms with E-state index in [-0.39, 0.29) is 18.4 Å². The van der Waals surface area contributed by atoms with E-state index in [0.29, 0.717) is 24.3 Å². The predicted octanol–water partition coefficient (Wildman–Crippen LogP) is 0.975. The van der Waals surface area contributed by atoms with Crippen molar-refractivity contribution in [2.24, 2.45) is 5.73 Å². The van der Waals surface area contributed by atoms with Gasteiger partial charge in [-0.2, -0.15) is 0 Å². The Bertz CT molecular complexity index is 395. The number of nitrogens with two attached hydrogens (primary N) is 1. The first kappa shape index (κ1) is 16.2. The summed E-state index contributed by atoms with van der Waals surface area (Å²) in [6, 6.07) is 6.05. The molecule has 0 aliphatic rings. The zero-order valence-electron chi connectivity index (χ0n) is 9.93. The third-order valence-corrected chi connectivity index (χ3v) is 1.99. The summed E-state index contributed by atoms with van der Waals surface area (Å²) in [4.78, 5) is 22.4. The van der Waals surface area contributed by atoms with Crippen LogP contribution in [0.5, 0.6) is 0 Å². The highest BCUT2D eigenvalue weighted by atomic mass is 35.5. The molecule has 0 spiro atoms. The Morgan fingerprint density at radius 1 is 1.28 bits per heavy atom. The van der Waals surface area contributed by atoms with E-state index < -0.39 is 5.97 Å². The number of halogens is 1. The van der Waals surface area contributed by atoms with E-state index >= 15 is 0 Å². The number of carbonyl (C=O) groups excluding carboxylic acids is 2. The second-order valence-corrected chi connectivity index (χ2v) is 3.24. The zero-order valence-corrected chi connectivity index (χ0v) is 10.8. The fourth-order valence-electron chi connectivity index (χ4n) is 1.17. The average Bonchev–Trinajstić information content (AvgIpc) is 2.36. The molecule has 0 radical (unpaired) electrons. The fourth-order valence-corrected chi connectivity index (χ4v) is 1.17. The molecular weight excluding hydrogens is 258 g/mol. The molecule has 6 nitrogen and oxygen atoms in total. The Balaban J connectivity index is 0.00000289. The van der Waals surface area contributed by atoms with Crippen molar-refractivity contribution in [3.8, 4) is 0 Å². The van der Waals surface area contributed by atoms with E-state index in [1.807, 2.05) is 0 Å². The quantitative estimate of drug-likeness (QED) is 0.713. The van der Waals surface area contributed by atoms with Crippen LogP contribution >= 0.6 is 12.4 Å². The van der Waals surface area contributed by atoms with Gasteiger partial charge < -0.3 is 21.1 Å². The van der Waals surface area contributed by atoms with E-state index in [2.05, 4.69) is 15.4 Å². The lowest BCUT2D eigenvalue weighted by Gasteiger charge is -2.06. The first-order valence-electron chi connectivity index (χ1n) is 5.10. The Morgan fingerprint density at radius 2 is 1.89 bits per heavy atom. The van der Waals surface area contributed by atoms with Crippen LogP contribution < -0.4 is 16.4 Å². The van der Waals surface area contributed by atoms with Crippen LogP contribution in [0.25, 0.3) is 0 Å². The summed E-state index contributed by atoms with van der Waals surface area (Å²) in [5, 5.41) is 5.17. The largest absolute Gasteiger partial charge is 0.465 e. The normalized spacial score (nSPS) is 9.00. The SMILES string of the molecule is COC(=O)c1ccc(NC(=O)NCCN)cc1.Cl. The molecule has 1 aromatic rings. The maximum absolute atomic E-state index is 11.3. The molecule has 0 aliphatic heterocycles. The Morgan fingerprint density at radius 3 is 2.39 bits per heavy atom. The van der Waals surface area contributed by atoms with Gasteiger partial charge in [0.25, 0.3) is 0 Å². The maximum atomic E-state index is 11.3. The molecule has 0 heterocycles. The number of methoxy groups -OCH3 is 1. The van der Waals surface area contributed by atoms with Gasteiger partial charge in [0.2, 0.25) is 0 Å². The Labute approximate surface area is 111 Å². The summed E-state index contributed by atoms with van der Waals surface area (Å²) in [5.41, 5.74) is 6.27. The number of esters is 1. The monoisotopic (exact) mass is 273 g/mol.